The number of carbonyl (C=O) groups excluding carboxylic acids is 1. The maximum absolute atomic E-state index is 14.0. The number of aryl methyl sites for hydroxylation is 1. The average Bonchev–Trinajstić information content (AvgIpc) is 2.74. The van der Waals surface area contributed by atoms with Crippen LogP contribution in [0.25, 0.3) is 0 Å². The summed E-state index contributed by atoms with van der Waals surface area (Å²) in [5, 5.41) is 8.37. The van der Waals surface area contributed by atoms with Crippen molar-refractivity contribution >= 4 is 17.4 Å². The summed E-state index contributed by atoms with van der Waals surface area (Å²) < 4.78 is 14.0. The highest BCUT2D eigenvalue weighted by molar-refractivity contribution is 5.79. The number of benzene rings is 1. The third kappa shape index (κ3) is 3.93. The SMILES string of the molecule is Cc1ccc(N2CCC(C(=O)N3CCN(c4ccccc4F)CC3)CC2)nn1. The van der Waals surface area contributed by atoms with Crippen molar-refractivity contribution in [3.05, 3.63) is 47.9 Å². The van der Waals surface area contributed by atoms with Gasteiger partial charge in [0, 0.05) is 45.2 Å². The molecule has 0 saturated carbocycles. The van der Waals surface area contributed by atoms with E-state index < -0.39 is 0 Å². The standard InChI is InChI=1S/C21H26FN5O/c1-16-6-7-20(24-23-16)26-10-8-17(9-11-26)21(28)27-14-12-25(13-15-27)19-5-3-2-4-18(19)22/h2-7,17H,8-15H2,1H3. The fourth-order valence-electron chi connectivity index (χ4n) is 4.05. The van der Waals surface area contributed by atoms with Crippen LogP contribution in [0.1, 0.15) is 18.5 Å². The normalized spacial score (nSPS) is 18.4. The molecule has 148 valence electrons. The van der Waals surface area contributed by atoms with E-state index in [1.54, 1.807) is 12.1 Å². The minimum Gasteiger partial charge on any atom is -0.366 e. The van der Waals surface area contributed by atoms with Gasteiger partial charge in [-0.2, -0.15) is 5.10 Å². The molecule has 0 atom stereocenters. The lowest BCUT2D eigenvalue weighted by molar-refractivity contribution is -0.136. The maximum Gasteiger partial charge on any atom is 0.225 e. The van der Waals surface area contributed by atoms with Crippen LogP contribution in [0.15, 0.2) is 36.4 Å². The zero-order chi connectivity index (χ0) is 19.5. The molecule has 2 aliphatic heterocycles. The van der Waals surface area contributed by atoms with Gasteiger partial charge in [0.05, 0.1) is 11.4 Å². The molecule has 1 amide bonds. The van der Waals surface area contributed by atoms with E-state index in [-0.39, 0.29) is 17.6 Å². The van der Waals surface area contributed by atoms with Crippen LogP contribution in [0.2, 0.25) is 0 Å². The van der Waals surface area contributed by atoms with E-state index in [1.807, 2.05) is 34.9 Å². The number of hydrogen-bond donors (Lipinski definition) is 0. The van der Waals surface area contributed by atoms with Crippen LogP contribution in [-0.2, 0) is 4.79 Å². The van der Waals surface area contributed by atoms with Crippen LogP contribution in [-0.4, -0.2) is 60.3 Å². The van der Waals surface area contributed by atoms with Gasteiger partial charge >= 0.3 is 0 Å². The van der Waals surface area contributed by atoms with Crippen LogP contribution in [0.5, 0.6) is 0 Å². The van der Waals surface area contributed by atoms with Gasteiger partial charge in [-0.3, -0.25) is 4.79 Å². The molecule has 2 aromatic rings. The quantitative estimate of drug-likeness (QED) is 0.815. The average molecular weight is 383 g/mol. The number of piperidine rings is 1. The Hall–Kier alpha value is -2.70. The van der Waals surface area contributed by atoms with Crippen molar-refractivity contribution in [3.8, 4) is 0 Å². The molecule has 2 aliphatic rings. The van der Waals surface area contributed by atoms with E-state index in [9.17, 15) is 9.18 Å². The van der Waals surface area contributed by atoms with Crippen LogP contribution >= 0.6 is 0 Å². The number of nitrogens with zero attached hydrogens (tertiary/aromatic N) is 5. The molecule has 3 heterocycles. The molecule has 0 radical (unpaired) electrons. The minimum absolute atomic E-state index is 0.0645. The Labute approximate surface area is 165 Å². The van der Waals surface area contributed by atoms with Gasteiger partial charge in [0.25, 0.3) is 0 Å². The molecule has 1 aromatic heterocycles. The Morgan fingerprint density at radius 2 is 1.64 bits per heavy atom. The Balaban J connectivity index is 1.29. The lowest BCUT2D eigenvalue weighted by Crippen LogP contribution is -2.52. The summed E-state index contributed by atoms with van der Waals surface area (Å²) in [6, 6.07) is 10.8. The molecule has 0 unspecified atom stereocenters. The van der Waals surface area contributed by atoms with Gasteiger partial charge in [0.15, 0.2) is 5.82 Å². The number of aromatic nitrogens is 2. The lowest BCUT2D eigenvalue weighted by Gasteiger charge is -2.39. The topological polar surface area (TPSA) is 52.6 Å². The third-order valence-electron chi connectivity index (χ3n) is 5.74. The zero-order valence-electron chi connectivity index (χ0n) is 16.2. The zero-order valence-corrected chi connectivity index (χ0v) is 16.2. The van der Waals surface area contributed by atoms with Crippen molar-refractivity contribution in [2.24, 2.45) is 5.92 Å². The summed E-state index contributed by atoms with van der Waals surface area (Å²) in [4.78, 5) is 19.1. The summed E-state index contributed by atoms with van der Waals surface area (Å²) >= 11 is 0. The number of rotatable bonds is 3. The number of carbonyl (C=O) groups is 1. The molecular weight excluding hydrogens is 357 g/mol. The highest BCUT2D eigenvalue weighted by atomic mass is 19.1. The summed E-state index contributed by atoms with van der Waals surface area (Å²) in [6.45, 7) is 6.21. The van der Waals surface area contributed by atoms with Crippen molar-refractivity contribution in [2.45, 2.75) is 19.8 Å². The molecule has 2 saturated heterocycles. The predicted molar refractivity (Wildman–Crippen MR) is 107 cm³/mol. The Bertz CT molecular complexity index is 812. The first kappa shape index (κ1) is 18.7. The fraction of sp³-hybridized carbons (Fsp3) is 0.476. The minimum atomic E-state index is -0.200. The molecule has 0 aliphatic carbocycles. The second-order valence-electron chi connectivity index (χ2n) is 7.56. The number of para-hydroxylation sites is 1. The first-order chi connectivity index (χ1) is 13.6. The second kappa shape index (κ2) is 8.12. The van der Waals surface area contributed by atoms with Crippen LogP contribution in [0.3, 0.4) is 0 Å². The van der Waals surface area contributed by atoms with Crippen LogP contribution in [0.4, 0.5) is 15.9 Å². The molecule has 1 aromatic carbocycles. The van der Waals surface area contributed by atoms with E-state index in [0.717, 1.165) is 37.4 Å². The number of hydrogen-bond acceptors (Lipinski definition) is 5. The molecule has 28 heavy (non-hydrogen) atoms. The van der Waals surface area contributed by atoms with Gasteiger partial charge in [-0.15, -0.1) is 5.10 Å². The number of halogens is 1. The molecule has 6 nitrogen and oxygen atoms in total. The Morgan fingerprint density at radius 3 is 2.29 bits per heavy atom. The van der Waals surface area contributed by atoms with Gasteiger partial charge < -0.3 is 14.7 Å². The second-order valence-corrected chi connectivity index (χ2v) is 7.56. The van der Waals surface area contributed by atoms with E-state index >= 15 is 0 Å². The molecule has 0 spiro atoms. The van der Waals surface area contributed by atoms with E-state index in [0.29, 0.717) is 31.9 Å². The maximum atomic E-state index is 14.0. The molecular formula is C21H26FN5O. The van der Waals surface area contributed by atoms with E-state index in [1.165, 1.54) is 6.07 Å². The molecule has 0 bridgehead atoms. The van der Waals surface area contributed by atoms with Gasteiger partial charge in [-0.1, -0.05) is 12.1 Å². The summed E-state index contributed by atoms with van der Waals surface area (Å²) in [7, 11) is 0. The van der Waals surface area contributed by atoms with Crippen LogP contribution < -0.4 is 9.80 Å². The highest BCUT2D eigenvalue weighted by Crippen LogP contribution is 2.25. The summed E-state index contributed by atoms with van der Waals surface area (Å²) in [5.41, 5.74) is 1.53. The molecule has 7 heteroatoms. The lowest BCUT2D eigenvalue weighted by atomic mass is 9.95. The first-order valence-corrected chi connectivity index (χ1v) is 9.95. The third-order valence-corrected chi connectivity index (χ3v) is 5.74. The van der Waals surface area contributed by atoms with Crippen LogP contribution in [0, 0.1) is 18.7 Å². The van der Waals surface area contributed by atoms with Crippen molar-refractivity contribution in [1.29, 1.82) is 0 Å². The predicted octanol–water partition coefficient (Wildman–Crippen LogP) is 2.49. The van der Waals surface area contributed by atoms with Crippen molar-refractivity contribution < 1.29 is 9.18 Å². The van der Waals surface area contributed by atoms with E-state index in [4.69, 9.17) is 0 Å². The fourth-order valence-corrected chi connectivity index (χ4v) is 4.05. The largest absolute Gasteiger partial charge is 0.366 e. The smallest absolute Gasteiger partial charge is 0.225 e. The molecule has 0 N–H and O–H groups in total. The van der Waals surface area contributed by atoms with Crippen molar-refractivity contribution in [3.63, 3.8) is 0 Å². The Kier molecular flexibility index (Phi) is 5.41. The highest BCUT2D eigenvalue weighted by Gasteiger charge is 2.31. The summed E-state index contributed by atoms with van der Waals surface area (Å²) in [6.07, 6.45) is 1.67. The number of anilines is 2. The molecule has 4 rings (SSSR count). The van der Waals surface area contributed by atoms with Gasteiger partial charge in [0.2, 0.25) is 5.91 Å². The first-order valence-electron chi connectivity index (χ1n) is 9.95. The van der Waals surface area contributed by atoms with Crippen molar-refractivity contribution in [1.82, 2.24) is 15.1 Å². The molecule has 2 fully saturated rings. The monoisotopic (exact) mass is 383 g/mol. The van der Waals surface area contributed by atoms with E-state index in [2.05, 4.69) is 15.1 Å². The van der Waals surface area contributed by atoms with Gasteiger partial charge in [0.1, 0.15) is 5.82 Å². The summed E-state index contributed by atoms with van der Waals surface area (Å²) in [5.74, 6) is 0.987. The van der Waals surface area contributed by atoms with Gasteiger partial charge in [-0.25, -0.2) is 4.39 Å². The van der Waals surface area contributed by atoms with Crippen molar-refractivity contribution in [2.75, 3.05) is 49.1 Å². The Morgan fingerprint density at radius 1 is 0.929 bits per heavy atom. The number of piperazine rings is 1. The number of amides is 1. The van der Waals surface area contributed by atoms with Gasteiger partial charge in [-0.05, 0) is 44.0 Å².